The van der Waals surface area contributed by atoms with Crippen LogP contribution in [0, 0.1) is 0 Å². The molecular weight excluding hydrogens is 258 g/mol. The minimum absolute atomic E-state index is 0.586. The first kappa shape index (κ1) is 13.7. The van der Waals surface area contributed by atoms with Crippen LogP contribution in [0.1, 0.15) is 24.5 Å². The molecule has 0 amide bonds. The minimum atomic E-state index is 0.586. The maximum Gasteiger partial charge on any atom is 0.201 e. The Balaban J connectivity index is 1.96. The maximum atomic E-state index is 6.29. The molecule has 0 fully saturated rings. The highest BCUT2D eigenvalue weighted by Crippen LogP contribution is 2.27. The van der Waals surface area contributed by atoms with E-state index in [9.17, 15) is 0 Å². The number of benzene rings is 2. The molecule has 1 aliphatic heterocycles. The molecule has 0 atom stereocenters. The van der Waals surface area contributed by atoms with E-state index in [2.05, 4.69) is 47.1 Å². The van der Waals surface area contributed by atoms with Crippen molar-refractivity contribution in [2.75, 3.05) is 11.4 Å². The number of anilines is 1. The summed E-state index contributed by atoms with van der Waals surface area (Å²) in [6, 6.07) is 16.6. The van der Waals surface area contributed by atoms with E-state index < -0.39 is 0 Å². The van der Waals surface area contributed by atoms with Crippen molar-refractivity contribution >= 4 is 17.3 Å². The average molecular weight is 279 g/mol. The highest BCUT2D eigenvalue weighted by atomic mass is 15.3. The Hall–Kier alpha value is -2.29. The van der Waals surface area contributed by atoms with Crippen molar-refractivity contribution in [1.29, 1.82) is 0 Å². The molecule has 108 valence electrons. The van der Waals surface area contributed by atoms with Gasteiger partial charge in [-0.3, -0.25) is 0 Å². The van der Waals surface area contributed by atoms with Crippen molar-refractivity contribution in [3.8, 4) is 0 Å². The lowest BCUT2D eigenvalue weighted by molar-refractivity contribution is 0.775. The number of nitrogens with zero attached hydrogens (tertiary/aromatic N) is 2. The van der Waals surface area contributed by atoms with Gasteiger partial charge in [0.15, 0.2) is 0 Å². The largest absolute Gasteiger partial charge is 0.369 e. The van der Waals surface area contributed by atoms with Gasteiger partial charge in [-0.25, -0.2) is 4.99 Å². The van der Waals surface area contributed by atoms with Gasteiger partial charge in [-0.1, -0.05) is 43.3 Å². The number of hydrogen-bond acceptors (Lipinski definition) is 1. The molecule has 0 unspecified atom stereocenters. The van der Waals surface area contributed by atoms with Gasteiger partial charge >= 0.3 is 0 Å². The fourth-order valence-corrected chi connectivity index (χ4v) is 2.87. The van der Waals surface area contributed by atoms with E-state index in [-0.39, 0.29) is 0 Å². The summed E-state index contributed by atoms with van der Waals surface area (Å²) in [7, 11) is 0. The van der Waals surface area contributed by atoms with Crippen molar-refractivity contribution in [2.45, 2.75) is 26.2 Å². The minimum Gasteiger partial charge on any atom is -0.369 e. The van der Waals surface area contributed by atoms with E-state index in [1.54, 1.807) is 0 Å². The molecule has 0 bridgehead atoms. The quantitative estimate of drug-likeness (QED) is 0.673. The smallest absolute Gasteiger partial charge is 0.201 e. The molecule has 0 radical (unpaired) electrons. The van der Waals surface area contributed by atoms with E-state index in [4.69, 9.17) is 5.73 Å². The van der Waals surface area contributed by atoms with Gasteiger partial charge in [0.2, 0.25) is 5.96 Å². The van der Waals surface area contributed by atoms with E-state index in [0.717, 1.165) is 31.5 Å². The molecule has 2 N–H and O–H groups in total. The third-order valence-electron chi connectivity index (χ3n) is 3.99. The zero-order valence-electron chi connectivity index (χ0n) is 12.4. The maximum absolute atomic E-state index is 6.29. The van der Waals surface area contributed by atoms with Gasteiger partial charge in [0, 0.05) is 12.2 Å². The second-order valence-corrected chi connectivity index (χ2v) is 5.34. The van der Waals surface area contributed by atoms with E-state index in [0.29, 0.717) is 5.96 Å². The number of rotatable bonds is 2. The Labute approximate surface area is 126 Å². The molecule has 1 aliphatic rings. The Bertz CT molecular complexity index is 661. The fourth-order valence-electron chi connectivity index (χ4n) is 2.87. The first-order chi connectivity index (χ1) is 10.3. The average Bonchev–Trinajstić information content (AvgIpc) is 2.54. The van der Waals surface area contributed by atoms with Crippen LogP contribution in [0.5, 0.6) is 0 Å². The third-order valence-corrected chi connectivity index (χ3v) is 3.99. The van der Waals surface area contributed by atoms with Crippen molar-refractivity contribution in [1.82, 2.24) is 0 Å². The summed E-state index contributed by atoms with van der Waals surface area (Å²) in [5.74, 6) is 0.586. The predicted molar refractivity (Wildman–Crippen MR) is 89.2 cm³/mol. The Morgan fingerprint density at radius 3 is 2.76 bits per heavy atom. The topological polar surface area (TPSA) is 41.6 Å². The van der Waals surface area contributed by atoms with Gasteiger partial charge in [0.05, 0.1) is 5.69 Å². The second kappa shape index (κ2) is 6.00. The standard InChI is InChI=1S/C18H21N3/c1-2-14-8-3-5-11-16(14)20-18(19)21-13-7-10-15-9-4-6-12-17(15)21/h3-6,8-9,11-12H,2,7,10,13H2,1H3,(H2,19,20). The molecule has 0 aliphatic carbocycles. The van der Waals surface area contributed by atoms with E-state index in [1.807, 2.05) is 18.2 Å². The lowest BCUT2D eigenvalue weighted by Crippen LogP contribution is -2.40. The molecule has 3 nitrogen and oxygen atoms in total. The first-order valence-electron chi connectivity index (χ1n) is 7.57. The number of aryl methyl sites for hydroxylation is 2. The molecule has 2 aromatic rings. The number of para-hydroxylation sites is 2. The molecule has 0 saturated heterocycles. The Morgan fingerprint density at radius 1 is 1.14 bits per heavy atom. The van der Waals surface area contributed by atoms with Crippen LogP contribution in [0.4, 0.5) is 11.4 Å². The highest BCUT2D eigenvalue weighted by Gasteiger charge is 2.19. The second-order valence-electron chi connectivity index (χ2n) is 5.34. The van der Waals surface area contributed by atoms with Crippen LogP contribution in [0.25, 0.3) is 0 Å². The van der Waals surface area contributed by atoms with Crippen molar-refractivity contribution in [2.24, 2.45) is 10.7 Å². The summed E-state index contributed by atoms with van der Waals surface area (Å²) in [4.78, 5) is 6.80. The summed E-state index contributed by atoms with van der Waals surface area (Å²) in [5, 5.41) is 0. The van der Waals surface area contributed by atoms with Gasteiger partial charge in [-0.15, -0.1) is 0 Å². The van der Waals surface area contributed by atoms with Crippen LogP contribution < -0.4 is 10.6 Å². The third kappa shape index (κ3) is 2.77. The van der Waals surface area contributed by atoms with E-state index >= 15 is 0 Å². The molecule has 0 spiro atoms. The van der Waals surface area contributed by atoms with Crippen LogP contribution in [-0.2, 0) is 12.8 Å². The summed E-state index contributed by atoms with van der Waals surface area (Å²) >= 11 is 0. The lowest BCUT2D eigenvalue weighted by Gasteiger charge is -2.30. The van der Waals surface area contributed by atoms with Crippen molar-refractivity contribution in [3.05, 3.63) is 59.7 Å². The van der Waals surface area contributed by atoms with Gasteiger partial charge in [0.1, 0.15) is 0 Å². The summed E-state index contributed by atoms with van der Waals surface area (Å²) < 4.78 is 0. The lowest BCUT2D eigenvalue weighted by atomic mass is 10.0. The molecule has 3 rings (SSSR count). The van der Waals surface area contributed by atoms with Crippen LogP contribution >= 0.6 is 0 Å². The molecule has 0 aromatic heterocycles. The zero-order valence-corrected chi connectivity index (χ0v) is 12.4. The number of aliphatic imine (C=N–C) groups is 1. The van der Waals surface area contributed by atoms with Crippen LogP contribution in [0.3, 0.4) is 0 Å². The molecule has 2 aromatic carbocycles. The number of nitrogens with two attached hydrogens (primary N) is 1. The van der Waals surface area contributed by atoms with Crippen LogP contribution in [0.15, 0.2) is 53.5 Å². The number of fused-ring (bicyclic) bond motifs is 1. The van der Waals surface area contributed by atoms with Gasteiger partial charge < -0.3 is 10.6 Å². The summed E-state index contributed by atoms with van der Waals surface area (Å²) in [6.45, 7) is 3.07. The van der Waals surface area contributed by atoms with Crippen molar-refractivity contribution < 1.29 is 0 Å². The van der Waals surface area contributed by atoms with Gasteiger partial charge in [-0.05, 0) is 42.5 Å². The Kier molecular flexibility index (Phi) is 3.91. The fraction of sp³-hybridized carbons (Fsp3) is 0.278. The Morgan fingerprint density at radius 2 is 1.90 bits per heavy atom. The number of hydrogen-bond donors (Lipinski definition) is 1. The molecule has 21 heavy (non-hydrogen) atoms. The normalized spacial score (nSPS) is 14.9. The van der Waals surface area contributed by atoms with Gasteiger partial charge in [0.25, 0.3) is 0 Å². The number of guanidine groups is 1. The van der Waals surface area contributed by atoms with Gasteiger partial charge in [-0.2, -0.15) is 0 Å². The first-order valence-corrected chi connectivity index (χ1v) is 7.57. The molecule has 1 heterocycles. The van der Waals surface area contributed by atoms with Crippen LogP contribution in [-0.4, -0.2) is 12.5 Å². The summed E-state index contributed by atoms with van der Waals surface area (Å²) in [6.07, 6.45) is 3.19. The molecular formula is C18H21N3. The van der Waals surface area contributed by atoms with E-state index in [1.165, 1.54) is 16.8 Å². The molecule has 3 heteroatoms. The zero-order chi connectivity index (χ0) is 14.7. The monoisotopic (exact) mass is 279 g/mol. The molecule has 0 saturated carbocycles. The highest BCUT2D eigenvalue weighted by molar-refractivity contribution is 5.97. The summed E-state index contributed by atoms with van der Waals surface area (Å²) in [5.41, 5.74) is 11.0. The van der Waals surface area contributed by atoms with Crippen molar-refractivity contribution in [3.63, 3.8) is 0 Å². The van der Waals surface area contributed by atoms with Crippen LogP contribution in [0.2, 0.25) is 0 Å². The predicted octanol–water partition coefficient (Wildman–Crippen LogP) is 3.65. The SMILES string of the molecule is CCc1ccccc1N=C(N)N1CCCc2ccccc21.